The quantitative estimate of drug-likeness (QED) is 0.270. The van der Waals surface area contributed by atoms with Crippen LogP contribution in [0.4, 0.5) is 16.4 Å². The van der Waals surface area contributed by atoms with Crippen LogP contribution in [-0.4, -0.2) is 36.4 Å². The molecule has 3 aromatic rings. The molecule has 34 heavy (non-hydrogen) atoms. The average molecular weight is 484 g/mol. The molecular formula is C23H21N3O7S. The lowest BCUT2D eigenvalue weighted by atomic mass is 10.1. The molecule has 11 heteroatoms. The van der Waals surface area contributed by atoms with E-state index < -0.39 is 22.7 Å². The largest absolute Gasteiger partial charge is 0.497 e. The van der Waals surface area contributed by atoms with E-state index in [2.05, 4.69) is 10.6 Å². The van der Waals surface area contributed by atoms with E-state index in [4.69, 9.17) is 9.47 Å². The van der Waals surface area contributed by atoms with Gasteiger partial charge in [0.1, 0.15) is 10.8 Å². The first-order valence-electron chi connectivity index (χ1n) is 10.1. The van der Waals surface area contributed by atoms with Crippen molar-refractivity contribution >= 4 is 45.5 Å². The van der Waals surface area contributed by atoms with E-state index in [1.807, 2.05) is 0 Å². The number of amides is 2. The van der Waals surface area contributed by atoms with E-state index in [0.717, 1.165) is 17.4 Å². The number of nitro benzene ring substituents is 1. The molecule has 0 radical (unpaired) electrons. The third-order valence-corrected chi connectivity index (χ3v) is 5.91. The standard InChI is InChI=1S/C23H21N3O7S/c1-4-33-23(29)18-13(2)19(21(28)24-15-8-6-10-17(12-15)32-3)34-22(18)25-20(27)14-7-5-9-16(11-14)26(30)31/h5-12H,4H2,1-3H3,(H,24,28)(H,25,27). The molecule has 10 nitrogen and oxygen atoms in total. The van der Waals surface area contributed by atoms with Crippen LogP contribution in [0.2, 0.25) is 0 Å². The summed E-state index contributed by atoms with van der Waals surface area (Å²) in [5.74, 6) is -1.31. The fourth-order valence-corrected chi connectivity index (χ4v) is 4.18. The fourth-order valence-electron chi connectivity index (χ4n) is 3.09. The number of ether oxygens (including phenoxy) is 2. The number of non-ortho nitro benzene ring substituents is 1. The summed E-state index contributed by atoms with van der Waals surface area (Å²) in [6, 6.07) is 11.9. The zero-order chi connectivity index (χ0) is 24.8. The number of carbonyl (C=O) groups is 3. The summed E-state index contributed by atoms with van der Waals surface area (Å²) in [6.07, 6.45) is 0. The zero-order valence-electron chi connectivity index (χ0n) is 18.5. The van der Waals surface area contributed by atoms with Crippen LogP contribution in [0.15, 0.2) is 48.5 Å². The maximum atomic E-state index is 13.0. The van der Waals surface area contributed by atoms with Gasteiger partial charge in [-0.15, -0.1) is 11.3 Å². The second-order valence-corrected chi connectivity index (χ2v) is 7.95. The van der Waals surface area contributed by atoms with Gasteiger partial charge in [-0.1, -0.05) is 12.1 Å². The summed E-state index contributed by atoms with van der Waals surface area (Å²) in [4.78, 5) is 49.0. The molecular weight excluding hydrogens is 462 g/mol. The molecule has 0 aliphatic heterocycles. The van der Waals surface area contributed by atoms with Crippen LogP contribution >= 0.6 is 11.3 Å². The highest BCUT2D eigenvalue weighted by molar-refractivity contribution is 7.19. The van der Waals surface area contributed by atoms with E-state index in [1.165, 1.54) is 25.3 Å². The summed E-state index contributed by atoms with van der Waals surface area (Å²) < 4.78 is 10.3. The second-order valence-electron chi connectivity index (χ2n) is 6.93. The van der Waals surface area contributed by atoms with Crippen molar-refractivity contribution in [1.29, 1.82) is 0 Å². The van der Waals surface area contributed by atoms with Gasteiger partial charge in [0, 0.05) is 29.4 Å². The summed E-state index contributed by atoms with van der Waals surface area (Å²) in [5.41, 5.74) is 0.632. The third kappa shape index (κ3) is 5.38. The van der Waals surface area contributed by atoms with Crippen molar-refractivity contribution in [3.63, 3.8) is 0 Å². The molecule has 0 spiro atoms. The van der Waals surface area contributed by atoms with E-state index in [0.29, 0.717) is 17.0 Å². The molecule has 1 heterocycles. The lowest BCUT2D eigenvalue weighted by molar-refractivity contribution is -0.384. The van der Waals surface area contributed by atoms with Gasteiger partial charge >= 0.3 is 5.97 Å². The summed E-state index contributed by atoms with van der Waals surface area (Å²) >= 11 is 0.901. The third-order valence-electron chi connectivity index (χ3n) is 4.71. The molecule has 0 saturated heterocycles. The van der Waals surface area contributed by atoms with Crippen molar-refractivity contribution in [2.75, 3.05) is 24.4 Å². The lowest BCUT2D eigenvalue weighted by Crippen LogP contribution is -2.15. The Hall–Kier alpha value is -4.25. The number of nitro groups is 1. The topological polar surface area (TPSA) is 137 Å². The number of nitrogens with one attached hydrogen (secondary N) is 2. The highest BCUT2D eigenvalue weighted by Gasteiger charge is 2.27. The minimum Gasteiger partial charge on any atom is -0.497 e. The number of nitrogens with zero attached hydrogens (tertiary/aromatic N) is 1. The van der Waals surface area contributed by atoms with Gasteiger partial charge in [-0.05, 0) is 37.6 Å². The SMILES string of the molecule is CCOC(=O)c1c(NC(=O)c2cccc([N+](=O)[O-])c2)sc(C(=O)Nc2cccc(OC)c2)c1C. The highest BCUT2D eigenvalue weighted by atomic mass is 32.1. The predicted octanol–water partition coefficient (Wildman–Crippen LogP) is 4.65. The normalized spacial score (nSPS) is 10.3. The molecule has 0 saturated carbocycles. The number of methoxy groups -OCH3 is 1. The number of rotatable bonds is 8. The zero-order valence-corrected chi connectivity index (χ0v) is 19.4. The van der Waals surface area contributed by atoms with Crippen LogP contribution in [0.25, 0.3) is 0 Å². The van der Waals surface area contributed by atoms with Crippen molar-refractivity contribution in [3.05, 3.63) is 80.2 Å². The summed E-state index contributed by atoms with van der Waals surface area (Å²) in [5, 5.41) is 16.5. The Kier molecular flexibility index (Phi) is 7.59. The van der Waals surface area contributed by atoms with Crippen molar-refractivity contribution in [1.82, 2.24) is 0 Å². The van der Waals surface area contributed by atoms with Gasteiger partial charge < -0.3 is 20.1 Å². The Labute approximate surface area is 198 Å². The molecule has 0 unspecified atom stereocenters. The van der Waals surface area contributed by atoms with Gasteiger partial charge in [0.15, 0.2) is 0 Å². The van der Waals surface area contributed by atoms with Crippen molar-refractivity contribution in [2.24, 2.45) is 0 Å². The van der Waals surface area contributed by atoms with Crippen LogP contribution in [0, 0.1) is 17.0 Å². The number of esters is 1. The average Bonchev–Trinajstić information content (AvgIpc) is 3.15. The molecule has 2 aromatic carbocycles. The molecule has 1 aromatic heterocycles. The van der Waals surface area contributed by atoms with Gasteiger partial charge in [0.2, 0.25) is 0 Å². The minimum atomic E-state index is -0.703. The predicted molar refractivity (Wildman–Crippen MR) is 127 cm³/mol. The first kappa shape index (κ1) is 24.4. The van der Waals surface area contributed by atoms with Crippen LogP contribution in [0.3, 0.4) is 0 Å². The van der Waals surface area contributed by atoms with Gasteiger partial charge in [-0.3, -0.25) is 19.7 Å². The van der Waals surface area contributed by atoms with Crippen molar-refractivity contribution in [3.8, 4) is 5.75 Å². The van der Waals surface area contributed by atoms with Crippen LogP contribution in [0.1, 0.15) is 42.9 Å². The molecule has 0 atom stereocenters. The first-order valence-corrected chi connectivity index (χ1v) is 10.9. The monoisotopic (exact) mass is 483 g/mol. The Bertz CT molecular complexity index is 1270. The number of hydrogen-bond donors (Lipinski definition) is 2. The van der Waals surface area contributed by atoms with Crippen molar-refractivity contribution in [2.45, 2.75) is 13.8 Å². The summed E-state index contributed by atoms with van der Waals surface area (Å²) in [7, 11) is 1.51. The Morgan fingerprint density at radius 1 is 1.06 bits per heavy atom. The van der Waals surface area contributed by atoms with Crippen LogP contribution in [0.5, 0.6) is 5.75 Å². The maximum Gasteiger partial charge on any atom is 0.341 e. The maximum absolute atomic E-state index is 13.0. The number of thiophene rings is 1. The lowest BCUT2D eigenvalue weighted by Gasteiger charge is -2.07. The number of benzene rings is 2. The number of carbonyl (C=O) groups excluding carboxylic acids is 3. The molecule has 2 N–H and O–H groups in total. The number of anilines is 2. The molecule has 0 aliphatic carbocycles. The minimum absolute atomic E-state index is 0.0254. The Morgan fingerprint density at radius 3 is 2.47 bits per heavy atom. The molecule has 0 bridgehead atoms. The van der Waals surface area contributed by atoms with E-state index in [-0.39, 0.29) is 33.3 Å². The molecule has 2 amide bonds. The number of hydrogen-bond acceptors (Lipinski definition) is 8. The molecule has 0 aliphatic rings. The van der Waals surface area contributed by atoms with E-state index in [9.17, 15) is 24.5 Å². The first-order chi connectivity index (χ1) is 16.2. The van der Waals surface area contributed by atoms with Gasteiger partial charge in [0.25, 0.3) is 17.5 Å². The highest BCUT2D eigenvalue weighted by Crippen LogP contribution is 2.35. The van der Waals surface area contributed by atoms with E-state index >= 15 is 0 Å². The molecule has 3 rings (SSSR count). The summed E-state index contributed by atoms with van der Waals surface area (Å²) in [6.45, 7) is 3.31. The van der Waals surface area contributed by atoms with Gasteiger partial charge in [0.05, 0.1) is 29.1 Å². The smallest absolute Gasteiger partial charge is 0.341 e. The van der Waals surface area contributed by atoms with Crippen LogP contribution < -0.4 is 15.4 Å². The van der Waals surface area contributed by atoms with Gasteiger partial charge in [-0.2, -0.15) is 0 Å². The molecule has 176 valence electrons. The Balaban J connectivity index is 1.94. The fraction of sp³-hybridized carbons (Fsp3) is 0.174. The van der Waals surface area contributed by atoms with Gasteiger partial charge in [-0.25, -0.2) is 4.79 Å². The van der Waals surface area contributed by atoms with Crippen molar-refractivity contribution < 1.29 is 28.8 Å². The van der Waals surface area contributed by atoms with E-state index in [1.54, 1.807) is 38.1 Å². The molecule has 0 fully saturated rings. The van der Waals surface area contributed by atoms with Crippen LogP contribution in [-0.2, 0) is 4.74 Å². The second kappa shape index (κ2) is 10.6. The Morgan fingerprint density at radius 2 is 1.79 bits per heavy atom.